The van der Waals surface area contributed by atoms with E-state index in [1.54, 1.807) is 6.92 Å². The van der Waals surface area contributed by atoms with Crippen LogP contribution < -0.4 is 0 Å². The van der Waals surface area contributed by atoms with Crippen LogP contribution in [0.2, 0.25) is 0 Å². The highest BCUT2D eigenvalue weighted by Crippen LogP contribution is 2.17. The number of rotatable bonds is 6. The number of hydrogen-bond donors (Lipinski definition) is 0. The Bertz CT molecular complexity index is 292. The molecular formula is C11H18F3NO3. The lowest BCUT2D eigenvalue weighted by molar-refractivity contribution is -0.185. The number of ether oxygens (including phenoxy) is 1. The fourth-order valence-electron chi connectivity index (χ4n) is 1.29. The Kier molecular flexibility index (Phi) is 6.72. The Morgan fingerprint density at radius 2 is 1.89 bits per heavy atom. The molecule has 0 aromatic rings. The van der Waals surface area contributed by atoms with Crippen molar-refractivity contribution >= 4 is 11.9 Å². The number of carbonyl (C=O) groups excluding carboxylic acids is 2. The van der Waals surface area contributed by atoms with Crippen molar-refractivity contribution < 1.29 is 27.5 Å². The lowest BCUT2D eigenvalue weighted by Gasteiger charge is -2.19. The van der Waals surface area contributed by atoms with E-state index in [2.05, 4.69) is 0 Å². The van der Waals surface area contributed by atoms with Gasteiger partial charge in [0.2, 0.25) is 0 Å². The van der Waals surface area contributed by atoms with Crippen LogP contribution in [0.5, 0.6) is 0 Å². The molecule has 0 rings (SSSR count). The normalized spacial score (nSPS) is 13.0. The molecule has 0 aliphatic rings. The predicted octanol–water partition coefficient (Wildman–Crippen LogP) is 2.13. The molecule has 1 amide bonds. The van der Waals surface area contributed by atoms with E-state index in [0.29, 0.717) is 11.3 Å². The number of carbonyl (C=O) groups is 2. The van der Waals surface area contributed by atoms with Crippen LogP contribution in [0, 0.1) is 0 Å². The number of amides is 1. The maximum absolute atomic E-state index is 12.0. The third-order valence-electron chi connectivity index (χ3n) is 2.25. The zero-order valence-electron chi connectivity index (χ0n) is 10.7. The van der Waals surface area contributed by atoms with Crippen LogP contribution in [0.25, 0.3) is 0 Å². The first-order valence-corrected chi connectivity index (χ1v) is 5.70. The standard InChI is InChI=1S/C11H18F3NO3/c1-4-5-6-8(2)18-9(16)7-15(3)10(17)11(12,13)14/h8H,4-7H2,1-3H3. The molecule has 4 nitrogen and oxygen atoms in total. The molecule has 106 valence electrons. The summed E-state index contributed by atoms with van der Waals surface area (Å²) in [6, 6.07) is 0. The van der Waals surface area contributed by atoms with Crippen molar-refractivity contribution in [3.8, 4) is 0 Å². The van der Waals surface area contributed by atoms with E-state index in [1.165, 1.54) is 0 Å². The largest absolute Gasteiger partial charge is 0.471 e. The average molecular weight is 269 g/mol. The Labute approximate surface area is 104 Å². The van der Waals surface area contributed by atoms with Crippen LogP contribution >= 0.6 is 0 Å². The number of halogens is 3. The number of likely N-dealkylation sites (N-methyl/N-ethyl adjacent to an activating group) is 1. The molecule has 0 aromatic carbocycles. The van der Waals surface area contributed by atoms with E-state index >= 15 is 0 Å². The highest BCUT2D eigenvalue weighted by atomic mass is 19.4. The monoisotopic (exact) mass is 269 g/mol. The van der Waals surface area contributed by atoms with Gasteiger partial charge in [-0.25, -0.2) is 0 Å². The first-order valence-electron chi connectivity index (χ1n) is 5.70. The van der Waals surface area contributed by atoms with Gasteiger partial charge in [-0.15, -0.1) is 0 Å². The topological polar surface area (TPSA) is 46.6 Å². The molecule has 0 aliphatic carbocycles. The van der Waals surface area contributed by atoms with Gasteiger partial charge in [0, 0.05) is 7.05 Å². The van der Waals surface area contributed by atoms with Crippen molar-refractivity contribution in [3.05, 3.63) is 0 Å². The molecule has 0 fully saturated rings. The zero-order chi connectivity index (χ0) is 14.3. The summed E-state index contributed by atoms with van der Waals surface area (Å²) in [4.78, 5) is 22.3. The SMILES string of the molecule is CCCCC(C)OC(=O)CN(C)C(=O)C(F)(F)F. The first kappa shape index (κ1) is 16.7. The molecule has 0 bridgehead atoms. The summed E-state index contributed by atoms with van der Waals surface area (Å²) in [6.07, 6.45) is -2.87. The quantitative estimate of drug-likeness (QED) is 0.694. The van der Waals surface area contributed by atoms with Crippen molar-refractivity contribution in [2.75, 3.05) is 13.6 Å². The molecule has 0 heterocycles. The molecular weight excluding hydrogens is 251 g/mol. The summed E-state index contributed by atoms with van der Waals surface area (Å²) >= 11 is 0. The van der Waals surface area contributed by atoms with Gasteiger partial charge in [0.1, 0.15) is 6.54 Å². The van der Waals surface area contributed by atoms with Gasteiger partial charge >= 0.3 is 18.1 Å². The Hall–Kier alpha value is -1.27. The van der Waals surface area contributed by atoms with Crippen LogP contribution in [0.4, 0.5) is 13.2 Å². The van der Waals surface area contributed by atoms with Crippen molar-refractivity contribution in [1.82, 2.24) is 4.90 Å². The molecule has 0 aliphatic heterocycles. The summed E-state index contributed by atoms with van der Waals surface area (Å²) in [7, 11) is 0.911. The van der Waals surface area contributed by atoms with Gasteiger partial charge in [-0.3, -0.25) is 9.59 Å². The van der Waals surface area contributed by atoms with Crippen LogP contribution in [-0.2, 0) is 14.3 Å². The number of unbranched alkanes of at least 4 members (excludes halogenated alkanes) is 1. The van der Waals surface area contributed by atoms with Gasteiger partial charge in [0.25, 0.3) is 0 Å². The molecule has 0 saturated heterocycles. The molecule has 0 aromatic heterocycles. The number of alkyl halides is 3. The Balaban J connectivity index is 4.12. The highest BCUT2D eigenvalue weighted by Gasteiger charge is 2.41. The average Bonchev–Trinajstić information content (AvgIpc) is 2.23. The highest BCUT2D eigenvalue weighted by molar-refractivity contribution is 5.85. The molecule has 18 heavy (non-hydrogen) atoms. The molecule has 0 radical (unpaired) electrons. The van der Waals surface area contributed by atoms with E-state index in [-0.39, 0.29) is 6.10 Å². The third-order valence-corrected chi connectivity index (χ3v) is 2.25. The molecule has 0 saturated carbocycles. The van der Waals surface area contributed by atoms with Gasteiger partial charge in [-0.2, -0.15) is 13.2 Å². The maximum atomic E-state index is 12.0. The van der Waals surface area contributed by atoms with E-state index < -0.39 is 24.6 Å². The smallest absolute Gasteiger partial charge is 0.461 e. The second-order valence-corrected chi connectivity index (χ2v) is 4.10. The molecule has 0 spiro atoms. The van der Waals surface area contributed by atoms with Gasteiger partial charge in [0.15, 0.2) is 0 Å². The number of esters is 1. The van der Waals surface area contributed by atoms with Crippen LogP contribution in [0.15, 0.2) is 0 Å². The minimum absolute atomic E-state index is 0.300. The van der Waals surface area contributed by atoms with Crippen LogP contribution in [0.3, 0.4) is 0 Å². The van der Waals surface area contributed by atoms with Gasteiger partial charge < -0.3 is 9.64 Å². The second kappa shape index (κ2) is 7.23. The van der Waals surface area contributed by atoms with Crippen LogP contribution in [-0.4, -0.2) is 42.6 Å². The van der Waals surface area contributed by atoms with E-state index in [1.807, 2.05) is 6.92 Å². The minimum Gasteiger partial charge on any atom is -0.461 e. The molecule has 1 atom stereocenters. The number of nitrogens with zero attached hydrogens (tertiary/aromatic N) is 1. The van der Waals surface area contributed by atoms with Crippen molar-refractivity contribution in [2.24, 2.45) is 0 Å². The fourth-order valence-corrected chi connectivity index (χ4v) is 1.29. The van der Waals surface area contributed by atoms with Crippen molar-refractivity contribution in [2.45, 2.75) is 45.4 Å². The Morgan fingerprint density at radius 1 is 1.33 bits per heavy atom. The minimum atomic E-state index is -4.97. The van der Waals surface area contributed by atoms with Gasteiger partial charge in [0.05, 0.1) is 6.10 Å². The van der Waals surface area contributed by atoms with Gasteiger partial charge in [-0.1, -0.05) is 19.8 Å². The van der Waals surface area contributed by atoms with E-state index in [4.69, 9.17) is 4.74 Å². The van der Waals surface area contributed by atoms with E-state index in [0.717, 1.165) is 19.9 Å². The van der Waals surface area contributed by atoms with Crippen LogP contribution in [0.1, 0.15) is 33.1 Å². The van der Waals surface area contributed by atoms with E-state index in [9.17, 15) is 22.8 Å². The zero-order valence-corrected chi connectivity index (χ0v) is 10.7. The first-order chi connectivity index (χ1) is 8.18. The molecule has 7 heteroatoms. The summed E-state index contributed by atoms with van der Waals surface area (Å²) in [6.45, 7) is 2.94. The van der Waals surface area contributed by atoms with Gasteiger partial charge in [-0.05, 0) is 13.3 Å². The summed E-state index contributed by atoms with van der Waals surface area (Å²) in [5.41, 5.74) is 0. The Morgan fingerprint density at radius 3 is 2.33 bits per heavy atom. The third kappa shape index (κ3) is 6.46. The summed E-state index contributed by atoms with van der Waals surface area (Å²) in [5.74, 6) is -2.89. The lowest BCUT2D eigenvalue weighted by Crippen LogP contribution is -2.42. The second-order valence-electron chi connectivity index (χ2n) is 4.10. The summed E-state index contributed by atoms with van der Waals surface area (Å²) < 4.78 is 41.0. The summed E-state index contributed by atoms with van der Waals surface area (Å²) in [5, 5.41) is 0. The molecule has 0 N–H and O–H groups in total. The maximum Gasteiger partial charge on any atom is 0.471 e. The lowest BCUT2D eigenvalue weighted by atomic mass is 10.2. The fraction of sp³-hybridized carbons (Fsp3) is 0.818. The van der Waals surface area contributed by atoms with Crippen molar-refractivity contribution in [3.63, 3.8) is 0 Å². The molecule has 1 unspecified atom stereocenters. The number of hydrogen-bond acceptors (Lipinski definition) is 3. The van der Waals surface area contributed by atoms with Crippen molar-refractivity contribution in [1.29, 1.82) is 0 Å². The predicted molar refractivity (Wildman–Crippen MR) is 58.8 cm³/mol.